The lowest BCUT2D eigenvalue weighted by Gasteiger charge is -2.24. The van der Waals surface area contributed by atoms with E-state index < -0.39 is 0 Å². The number of methoxy groups -OCH3 is 1. The second-order valence-electron chi connectivity index (χ2n) is 4.19. The van der Waals surface area contributed by atoms with Crippen molar-refractivity contribution >= 4 is 0 Å². The van der Waals surface area contributed by atoms with Gasteiger partial charge in [-0.25, -0.2) is 0 Å². The smallest absolute Gasteiger partial charge is 0.0853 e. The molecular formula is C10H20O2. The van der Waals surface area contributed by atoms with Crippen LogP contribution in [0.4, 0.5) is 0 Å². The van der Waals surface area contributed by atoms with E-state index in [1.807, 2.05) is 0 Å². The molecular weight excluding hydrogens is 152 g/mol. The summed E-state index contributed by atoms with van der Waals surface area (Å²) in [6, 6.07) is 0. The van der Waals surface area contributed by atoms with E-state index in [1.165, 1.54) is 12.8 Å². The number of rotatable bonds is 5. The zero-order valence-corrected chi connectivity index (χ0v) is 8.29. The van der Waals surface area contributed by atoms with Crippen molar-refractivity contribution in [2.75, 3.05) is 7.11 Å². The molecule has 2 atom stereocenters. The Bertz CT molecular complexity index is 130. The fourth-order valence-electron chi connectivity index (χ4n) is 1.70. The van der Waals surface area contributed by atoms with Crippen molar-refractivity contribution in [3.05, 3.63) is 0 Å². The van der Waals surface area contributed by atoms with Crippen molar-refractivity contribution in [2.45, 2.75) is 45.3 Å². The Morgan fingerprint density at radius 3 is 2.33 bits per heavy atom. The maximum atomic E-state index is 9.76. The van der Waals surface area contributed by atoms with Crippen LogP contribution in [-0.4, -0.2) is 24.4 Å². The van der Waals surface area contributed by atoms with Crippen molar-refractivity contribution in [3.63, 3.8) is 0 Å². The molecule has 0 bridgehead atoms. The topological polar surface area (TPSA) is 29.5 Å². The molecule has 0 spiro atoms. The summed E-state index contributed by atoms with van der Waals surface area (Å²) < 4.78 is 5.25. The van der Waals surface area contributed by atoms with Gasteiger partial charge in [0.2, 0.25) is 0 Å². The summed E-state index contributed by atoms with van der Waals surface area (Å²) in [5.41, 5.74) is 0. The van der Waals surface area contributed by atoms with Crippen LogP contribution in [0.15, 0.2) is 0 Å². The van der Waals surface area contributed by atoms with Crippen molar-refractivity contribution in [2.24, 2.45) is 11.8 Å². The fraction of sp³-hybridized carbons (Fsp3) is 1.00. The van der Waals surface area contributed by atoms with Crippen LogP contribution < -0.4 is 0 Å². The summed E-state index contributed by atoms with van der Waals surface area (Å²) in [5.74, 6) is 1.18. The first-order chi connectivity index (χ1) is 5.65. The molecule has 1 aliphatic carbocycles. The summed E-state index contributed by atoms with van der Waals surface area (Å²) in [4.78, 5) is 0. The third-order valence-electron chi connectivity index (χ3n) is 2.58. The Morgan fingerprint density at radius 2 is 2.00 bits per heavy atom. The Hall–Kier alpha value is -0.0800. The normalized spacial score (nSPS) is 22.8. The van der Waals surface area contributed by atoms with Gasteiger partial charge in [0, 0.05) is 7.11 Å². The van der Waals surface area contributed by atoms with Crippen molar-refractivity contribution in [1.82, 2.24) is 0 Å². The summed E-state index contributed by atoms with van der Waals surface area (Å²) in [7, 11) is 1.68. The quantitative estimate of drug-likeness (QED) is 0.685. The zero-order valence-electron chi connectivity index (χ0n) is 8.29. The zero-order chi connectivity index (χ0) is 9.14. The van der Waals surface area contributed by atoms with Gasteiger partial charge in [-0.1, -0.05) is 26.7 Å². The lowest BCUT2D eigenvalue weighted by Crippen LogP contribution is -2.33. The Labute approximate surface area is 74.9 Å². The minimum Gasteiger partial charge on any atom is -0.390 e. The molecule has 0 heterocycles. The van der Waals surface area contributed by atoms with Crippen LogP contribution in [-0.2, 0) is 4.74 Å². The SMILES string of the molecule is COC(C(C)C)C(O)CC1CC1. The molecule has 1 fully saturated rings. The van der Waals surface area contributed by atoms with Gasteiger partial charge >= 0.3 is 0 Å². The fourth-order valence-corrected chi connectivity index (χ4v) is 1.70. The lowest BCUT2D eigenvalue weighted by molar-refractivity contribution is -0.0428. The Kier molecular flexibility index (Phi) is 3.53. The third-order valence-corrected chi connectivity index (χ3v) is 2.58. The summed E-state index contributed by atoms with van der Waals surface area (Å²) >= 11 is 0. The van der Waals surface area contributed by atoms with Gasteiger partial charge in [0.05, 0.1) is 12.2 Å². The molecule has 0 amide bonds. The number of hydrogen-bond acceptors (Lipinski definition) is 2. The molecule has 0 aliphatic heterocycles. The van der Waals surface area contributed by atoms with Gasteiger partial charge < -0.3 is 9.84 Å². The monoisotopic (exact) mass is 172 g/mol. The average molecular weight is 172 g/mol. The number of aliphatic hydroxyl groups is 1. The third kappa shape index (κ3) is 2.76. The van der Waals surface area contributed by atoms with Crippen LogP contribution in [0.25, 0.3) is 0 Å². The van der Waals surface area contributed by atoms with Gasteiger partial charge in [0.25, 0.3) is 0 Å². The molecule has 1 N–H and O–H groups in total. The minimum absolute atomic E-state index is 0.0191. The van der Waals surface area contributed by atoms with Crippen LogP contribution in [0.1, 0.15) is 33.1 Å². The molecule has 12 heavy (non-hydrogen) atoms. The highest BCUT2D eigenvalue weighted by atomic mass is 16.5. The molecule has 2 nitrogen and oxygen atoms in total. The highest BCUT2D eigenvalue weighted by molar-refractivity contribution is 4.81. The van der Waals surface area contributed by atoms with Gasteiger partial charge in [-0.05, 0) is 18.3 Å². The predicted molar refractivity (Wildman–Crippen MR) is 49.0 cm³/mol. The Morgan fingerprint density at radius 1 is 1.42 bits per heavy atom. The molecule has 1 saturated carbocycles. The number of hydrogen-bond donors (Lipinski definition) is 1. The highest BCUT2D eigenvalue weighted by Gasteiger charge is 2.30. The van der Waals surface area contributed by atoms with Crippen molar-refractivity contribution < 1.29 is 9.84 Å². The molecule has 1 aliphatic rings. The minimum atomic E-state index is -0.262. The molecule has 0 radical (unpaired) electrons. The van der Waals surface area contributed by atoms with Gasteiger partial charge in [-0.3, -0.25) is 0 Å². The summed E-state index contributed by atoms with van der Waals surface area (Å²) in [6.07, 6.45) is 3.28. The first kappa shape index (κ1) is 10.0. The number of ether oxygens (including phenoxy) is 1. The average Bonchev–Trinajstić information content (AvgIpc) is 2.71. The second-order valence-corrected chi connectivity index (χ2v) is 4.19. The van der Waals surface area contributed by atoms with E-state index in [0.29, 0.717) is 5.92 Å². The first-order valence-corrected chi connectivity index (χ1v) is 4.86. The molecule has 0 aromatic carbocycles. The van der Waals surface area contributed by atoms with Gasteiger partial charge in [0.1, 0.15) is 0 Å². The van der Waals surface area contributed by atoms with Gasteiger partial charge in [0.15, 0.2) is 0 Å². The van der Waals surface area contributed by atoms with E-state index >= 15 is 0 Å². The maximum Gasteiger partial charge on any atom is 0.0853 e. The molecule has 0 saturated heterocycles. The predicted octanol–water partition coefficient (Wildman–Crippen LogP) is 1.82. The van der Waals surface area contributed by atoms with E-state index in [1.54, 1.807) is 7.11 Å². The van der Waals surface area contributed by atoms with Crippen molar-refractivity contribution in [3.8, 4) is 0 Å². The first-order valence-electron chi connectivity index (χ1n) is 4.86. The van der Waals surface area contributed by atoms with Gasteiger partial charge in [-0.2, -0.15) is 0 Å². The van der Waals surface area contributed by atoms with Crippen LogP contribution in [0.5, 0.6) is 0 Å². The molecule has 0 aromatic heterocycles. The standard InChI is InChI=1S/C10H20O2/c1-7(2)10(12-3)9(11)6-8-4-5-8/h7-11H,4-6H2,1-3H3. The van der Waals surface area contributed by atoms with E-state index in [-0.39, 0.29) is 12.2 Å². The molecule has 72 valence electrons. The van der Waals surface area contributed by atoms with E-state index in [2.05, 4.69) is 13.8 Å². The van der Waals surface area contributed by atoms with E-state index in [4.69, 9.17) is 4.74 Å². The van der Waals surface area contributed by atoms with Crippen LogP contribution >= 0.6 is 0 Å². The molecule has 0 aromatic rings. The summed E-state index contributed by atoms with van der Waals surface area (Å²) in [6.45, 7) is 4.18. The Balaban J connectivity index is 2.29. The molecule has 2 heteroatoms. The highest BCUT2D eigenvalue weighted by Crippen LogP contribution is 2.35. The van der Waals surface area contributed by atoms with Gasteiger partial charge in [-0.15, -0.1) is 0 Å². The van der Waals surface area contributed by atoms with Crippen LogP contribution in [0.2, 0.25) is 0 Å². The lowest BCUT2D eigenvalue weighted by atomic mass is 9.98. The van der Waals surface area contributed by atoms with E-state index in [9.17, 15) is 5.11 Å². The largest absolute Gasteiger partial charge is 0.390 e. The molecule has 1 rings (SSSR count). The summed E-state index contributed by atoms with van der Waals surface area (Å²) in [5, 5.41) is 9.76. The number of aliphatic hydroxyl groups excluding tert-OH is 1. The maximum absolute atomic E-state index is 9.76. The second kappa shape index (κ2) is 4.24. The van der Waals surface area contributed by atoms with E-state index in [0.717, 1.165) is 12.3 Å². The molecule has 2 unspecified atom stereocenters. The van der Waals surface area contributed by atoms with Crippen molar-refractivity contribution in [1.29, 1.82) is 0 Å². The van der Waals surface area contributed by atoms with Crippen LogP contribution in [0.3, 0.4) is 0 Å². The van der Waals surface area contributed by atoms with Crippen LogP contribution in [0, 0.1) is 11.8 Å².